The minimum atomic E-state index is -0.499. The van der Waals surface area contributed by atoms with Crippen LogP contribution in [-0.4, -0.2) is 4.92 Å². The summed E-state index contributed by atoms with van der Waals surface area (Å²) in [7, 11) is 0. The van der Waals surface area contributed by atoms with Crippen LogP contribution in [0.4, 0.5) is 10.1 Å². The summed E-state index contributed by atoms with van der Waals surface area (Å²) in [5.41, 5.74) is 1.36. The van der Waals surface area contributed by atoms with Gasteiger partial charge in [-0.3, -0.25) is 10.1 Å². The van der Waals surface area contributed by atoms with Crippen molar-refractivity contribution in [1.82, 2.24) is 0 Å². The van der Waals surface area contributed by atoms with Crippen LogP contribution in [-0.2, 0) is 0 Å². The van der Waals surface area contributed by atoms with Gasteiger partial charge in [0, 0.05) is 12.1 Å². The number of rotatable bonds is 3. The summed E-state index contributed by atoms with van der Waals surface area (Å²) in [6.45, 7) is 0. The predicted octanol–water partition coefficient (Wildman–Crippen LogP) is 3.80. The fraction of sp³-hybridized carbons (Fsp3) is 0. The maximum absolute atomic E-state index is 12.8. The van der Waals surface area contributed by atoms with Crippen LogP contribution >= 0.6 is 0 Å². The second kappa shape index (κ2) is 5.76. The van der Waals surface area contributed by atoms with Crippen molar-refractivity contribution in [2.24, 2.45) is 0 Å². The normalized spacial score (nSPS) is 10.9. The molecule has 0 unspecified atom stereocenters. The van der Waals surface area contributed by atoms with E-state index in [-0.39, 0.29) is 11.5 Å². The molecule has 98 valence electrons. The third-order valence-corrected chi connectivity index (χ3v) is 2.67. The molecule has 0 saturated carbocycles. The summed E-state index contributed by atoms with van der Waals surface area (Å²) < 4.78 is 12.8. The Kier molecular flexibility index (Phi) is 3.87. The lowest BCUT2D eigenvalue weighted by Crippen LogP contribution is -1.88. The van der Waals surface area contributed by atoms with Crippen LogP contribution in [0.25, 0.3) is 11.6 Å². The van der Waals surface area contributed by atoms with E-state index in [0.29, 0.717) is 16.7 Å². The zero-order valence-electron chi connectivity index (χ0n) is 10.3. The molecular formula is C15H9FN2O2. The lowest BCUT2D eigenvalue weighted by atomic mass is 10.0. The summed E-state index contributed by atoms with van der Waals surface area (Å²) >= 11 is 0. The molecule has 2 aromatic rings. The largest absolute Gasteiger partial charge is 0.270 e. The highest BCUT2D eigenvalue weighted by molar-refractivity contribution is 5.89. The van der Waals surface area contributed by atoms with Gasteiger partial charge >= 0.3 is 0 Å². The van der Waals surface area contributed by atoms with Crippen LogP contribution < -0.4 is 0 Å². The topological polar surface area (TPSA) is 66.9 Å². The van der Waals surface area contributed by atoms with Crippen molar-refractivity contribution in [3.63, 3.8) is 0 Å². The van der Waals surface area contributed by atoms with Crippen molar-refractivity contribution in [2.45, 2.75) is 0 Å². The zero-order chi connectivity index (χ0) is 14.5. The molecule has 2 rings (SSSR count). The highest BCUT2D eigenvalue weighted by Crippen LogP contribution is 2.20. The molecule has 0 fully saturated rings. The van der Waals surface area contributed by atoms with Gasteiger partial charge in [-0.15, -0.1) is 0 Å². The Balaban J connectivity index is 2.41. The lowest BCUT2D eigenvalue weighted by Gasteiger charge is -2.00. The fourth-order valence-electron chi connectivity index (χ4n) is 1.70. The number of hydrogen-bond acceptors (Lipinski definition) is 3. The third kappa shape index (κ3) is 3.06. The molecule has 0 bridgehead atoms. The van der Waals surface area contributed by atoms with Gasteiger partial charge in [0.15, 0.2) is 0 Å². The molecule has 20 heavy (non-hydrogen) atoms. The van der Waals surface area contributed by atoms with Crippen LogP contribution in [0.5, 0.6) is 0 Å². The first-order valence-electron chi connectivity index (χ1n) is 5.72. The van der Waals surface area contributed by atoms with Gasteiger partial charge in [0.2, 0.25) is 0 Å². The molecule has 2 aromatic carbocycles. The van der Waals surface area contributed by atoms with E-state index in [1.54, 1.807) is 12.1 Å². The van der Waals surface area contributed by atoms with E-state index in [1.807, 2.05) is 6.07 Å². The Hall–Kier alpha value is -3.00. The number of non-ortho nitro benzene ring substituents is 1. The molecular weight excluding hydrogens is 259 g/mol. The van der Waals surface area contributed by atoms with Crippen molar-refractivity contribution in [3.05, 3.63) is 75.6 Å². The van der Waals surface area contributed by atoms with Gasteiger partial charge in [-0.1, -0.05) is 24.3 Å². The first kappa shape index (κ1) is 13.4. The Morgan fingerprint density at radius 1 is 1.25 bits per heavy atom. The van der Waals surface area contributed by atoms with Crippen LogP contribution in [0, 0.1) is 27.3 Å². The van der Waals surface area contributed by atoms with Gasteiger partial charge in [-0.05, 0) is 29.3 Å². The minimum absolute atomic E-state index is 0.0462. The van der Waals surface area contributed by atoms with Crippen LogP contribution in [0.3, 0.4) is 0 Å². The first-order chi connectivity index (χ1) is 9.60. The van der Waals surface area contributed by atoms with Crippen molar-refractivity contribution in [1.29, 1.82) is 5.26 Å². The van der Waals surface area contributed by atoms with Gasteiger partial charge in [0.05, 0.1) is 16.6 Å². The number of benzene rings is 2. The smallest absolute Gasteiger partial charge is 0.258 e. The van der Waals surface area contributed by atoms with Crippen molar-refractivity contribution in [3.8, 4) is 6.07 Å². The van der Waals surface area contributed by atoms with E-state index in [1.165, 1.54) is 42.5 Å². The van der Waals surface area contributed by atoms with E-state index < -0.39 is 4.92 Å². The highest BCUT2D eigenvalue weighted by atomic mass is 19.1. The molecule has 4 nitrogen and oxygen atoms in total. The van der Waals surface area contributed by atoms with Gasteiger partial charge in [0.25, 0.3) is 5.69 Å². The van der Waals surface area contributed by atoms with E-state index >= 15 is 0 Å². The summed E-state index contributed by atoms with van der Waals surface area (Å²) in [6, 6.07) is 13.5. The molecule has 0 heterocycles. The standard InChI is InChI=1S/C15H9FN2O2/c16-14-6-4-12(5-7-14)13(10-17)8-11-2-1-3-15(9-11)18(19)20/h1-9H. The maximum atomic E-state index is 12.8. The number of nitrogens with zero attached hydrogens (tertiary/aromatic N) is 2. The average Bonchev–Trinajstić information content (AvgIpc) is 2.46. The van der Waals surface area contributed by atoms with Crippen molar-refractivity contribution >= 4 is 17.3 Å². The maximum Gasteiger partial charge on any atom is 0.270 e. The second-order valence-corrected chi connectivity index (χ2v) is 4.03. The minimum Gasteiger partial charge on any atom is -0.258 e. The molecule has 0 atom stereocenters. The second-order valence-electron chi connectivity index (χ2n) is 4.03. The van der Waals surface area contributed by atoms with E-state index in [4.69, 9.17) is 5.26 Å². The van der Waals surface area contributed by atoms with Gasteiger partial charge in [-0.2, -0.15) is 5.26 Å². The zero-order valence-corrected chi connectivity index (χ0v) is 10.3. The van der Waals surface area contributed by atoms with Crippen molar-refractivity contribution in [2.75, 3.05) is 0 Å². The molecule has 0 amide bonds. The van der Waals surface area contributed by atoms with Gasteiger partial charge in [-0.25, -0.2) is 4.39 Å². The number of nitro benzene ring substituents is 1. The SMILES string of the molecule is N#CC(=Cc1cccc([N+](=O)[O-])c1)c1ccc(F)cc1. The first-order valence-corrected chi connectivity index (χ1v) is 5.72. The Morgan fingerprint density at radius 2 is 1.95 bits per heavy atom. The van der Waals surface area contributed by atoms with Crippen LogP contribution in [0.15, 0.2) is 48.5 Å². The quantitative estimate of drug-likeness (QED) is 0.368. The van der Waals surface area contributed by atoms with Gasteiger partial charge in [0.1, 0.15) is 5.82 Å². The van der Waals surface area contributed by atoms with E-state index in [0.717, 1.165) is 0 Å². The third-order valence-electron chi connectivity index (χ3n) is 2.67. The molecule has 0 spiro atoms. The summed E-state index contributed by atoms with van der Waals surface area (Å²) in [4.78, 5) is 10.2. The summed E-state index contributed by atoms with van der Waals surface area (Å²) in [5, 5.41) is 19.8. The molecule has 0 N–H and O–H groups in total. The highest BCUT2D eigenvalue weighted by Gasteiger charge is 2.06. The number of nitriles is 1. The molecule has 0 saturated heterocycles. The van der Waals surface area contributed by atoms with Gasteiger partial charge < -0.3 is 0 Å². The van der Waals surface area contributed by atoms with E-state index in [2.05, 4.69) is 0 Å². The number of nitro groups is 1. The molecule has 0 aliphatic rings. The number of hydrogen-bond donors (Lipinski definition) is 0. The lowest BCUT2D eigenvalue weighted by molar-refractivity contribution is -0.384. The summed E-state index contributed by atoms with van der Waals surface area (Å²) in [5.74, 6) is -0.388. The molecule has 5 heteroatoms. The molecule has 0 radical (unpaired) electrons. The molecule has 0 aliphatic heterocycles. The van der Waals surface area contributed by atoms with E-state index in [9.17, 15) is 14.5 Å². The van der Waals surface area contributed by atoms with Crippen LogP contribution in [0.2, 0.25) is 0 Å². The Labute approximate surface area is 114 Å². The molecule has 0 aliphatic carbocycles. The predicted molar refractivity (Wildman–Crippen MR) is 73.0 cm³/mol. The van der Waals surface area contributed by atoms with Crippen molar-refractivity contribution < 1.29 is 9.31 Å². The number of allylic oxidation sites excluding steroid dienone is 1. The Morgan fingerprint density at radius 3 is 2.55 bits per heavy atom. The molecule has 0 aromatic heterocycles. The number of halogens is 1. The average molecular weight is 268 g/mol. The van der Waals surface area contributed by atoms with Crippen LogP contribution in [0.1, 0.15) is 11.1 Å². The Bertz CT molecular complexity index is 715. The summed E-state index contributed by atoms with van der Waals surface area (Å²) in [6.07, 6.45) is 1.53. The fourth-order valence-corrected chi connectivity index (χ4v) is 1.70. The monoisotopic (exact) mass is 268 g/mol.